The Bertz CT molecular complexity index is 666. The molecule has 1 aliphatic heterocycles. The van der Waals surface area contributed by atoms with Gasteiger partial charge in [-0.15, -0.1) is 0 Å². The highest BCUT2D eigenvalue weighted by Gasteiger charge is 2.52. The third kappa shape index (κ3) is 3.38. The summed E-state index contributed by atoms with van der Waals surface area (Å²) in [5.74, 6) is -0.454. The molecule has 1 heterocycles. The maximum Gasteiger partial charge on any atom is 0.325 e. The minimum Gasteiger partial charge on any atom is -0.334 e. The number of nitrogens with one attached hydrogen (secondary N) is 1. The predicted octanol–water partition coefficient (Wildman–Crippen LogP) is 2.29. The minimum atomic E-state index is -0.764. The van der Waals surface area contributed by atoms with Crippen LogP contribution in [0.1, 0.15) is 45.1 Å². The molecular formula is C19H25N3O3. The molecule has 3 rings (SSSR count). The van der Waals surface area contributed by atoms with Crippen LogP contribution in [0.3, 0.4) is 0 Å². The Labute approximate surface area is 148 Å². The molecule has 134 valence electrons. The highest BCUT2D eigenvalue weighted by Crippen LogP contribution is 2.35. The van der Waals surface area contributed by atoms with E-state index in [1.165, 1.54) is 0 Å². The van der Waals surface area contributed by atoms with Gasteiger partial charge in [0.05, 0.1) is 0 Å². The van der Waals surface area contributed by atoms with Crippen LogP contribution in [0.25, 0.3) is 0 Å². The summed E-state index contributed by atoms with van der Waals surface area (Å²) in [4.78, 5) is 40.5. The Balaban J connectivity index is 1.71. The van der Waals surface area contributed by atoms with E-state index in [-0.39, 0.29) is 24.4 Å². The molecule has 1 aromatic rings. The number of urea groups is 1. The van der Waals surface area contributed by atoms with Gasteiger partial charge in [-0.2, -0.15) is 0 Å². The van der Waals surface area contributed by atoms with Gasteiger partial charge in [-0.25, -0.2) is 4.79 Å². The number of carbonyl (C=O) groups is 3. The van der Waals surface area contributed by atoms with Crippen molar-refractivity contribution in [3.63, 3.8) is 0 Å². The van der Waals surface area contributed by atoms with Gasteiger partial charge in [0.25, 0.3) is 5.91 Å². The summed E-state index contributed by atoms with van der Waals surface area (Å²) in [5.41, 5.74) is 0.258. The number of nitrogens with zero attached hydrogens (tertiary/aromatic N) is 2. The predicted molar refractivity (Wildman–Crippen MR) is 93.6 cm³/mol. The van der Waals surface area contributed by atoms with Crippen LogP contribution in [0.15, 0.2) is 30.3 Å². The maximum absolute atomic E-state index is 12.8. The van der Waals surface area contributed by atoms with Crippen LogP contribution in [-0.4, -0.2) is 45.8 Å². The minimum absolute atomic E-state index is 0.0195. The standard InChI is InChI=1S/C19H25N3O3/c1-14(2)21(12-15-8-4-3-5-9-15)16(23)13-22-17(24)19(20-18(22)25)10-6-7-11-19/h3-5,8-9,14H,6-7,10-13H2,1-2H3,(H,20,25). The average Bonchev–Trinajstić information content (AvgIpc) is 3.14. The molecule has 1 aromatic carbocycles. The Morgan fingerprint density at radius 2 is 1.84 bits per heavy atom. The van der Waals surface area contributed by atoms with E-state index >= 15 is 0 Å². The first-order valence-corrected chi connectivity index (χ1v) is 8.90. The summed E-state index contributed by atoms with van der Waals surface area (Å²) in [6.45, 7) is 4.14. The van der Waals surface area contributed by atoms with Gasteiger partial charge in [-0.3, -0.25) is 14.5 Å². The zero-order valence-electron chi connectivity index (χ0n) is 14.8. The molecule has 0 bridgehead atoms. The average molecular weight is 343 g/mol. The van der Waals surface area contributed by atoms with Crippen molar-refractivity contribution in [1.82, 2.24) is 15.1 Å². The zero-order valence-corrected chi connectivity index (χ0v) is 14.8. The molecule has 0 aromatic heterocycles. The smallest absolute Gasteiger partial charge is 0.325 e. The van der Waals surface area contributed by atoms with Gasteiger partial charge in [0.15, 0.2) is 0 Å². The summed E-state index contributed by atoms with van der Waals surface area (Å²) < 4.78 is 0. The normalized spacial score (nSPS) is 18.9. The monoisotopic (exact) mass is 343 g/mol. The van der Waals surface area contributed by atoms with Crippen LogP contribution in [0.4, 0.5) is 4.79 Å². The first-order chi connectivity index (χ1) is 11.9. The fourth-order valence-electron chi connectivity index (χ4n) is 3.70. The van der Waals surface area contributed by atoms with Gasteiger partial charge in [-0.1, -0.05) is 43.2 Å². The van der Waals surface area contributed by atoms with Crippen molar-refractivity contribution < 1.29 is 14.4 Å². The van der Waals surface area contributed by atoms with Crippen molar-refractivity contribution in [2.75, 3.05) is 6.54 Å². The van der Waals surface area contributed by atoms with E-state index in [1.54, 1.807) is 4.90 Å². The molecule has 4 amide bonds. The van der Waals surface area contributed by atoms with E-state index in [4.69, 9.17) is 0 Å². The van der Waals surface area contributed by atoms with Gasteiger partial charge in [-0.05, 0) is 32.3 Å². The second kappa shape index (κ2) is 6.86. The summed E-state index contributed by atoms with van der Waals surface area (Å²) in [6.07, 6.45) is 3.19. The van der Waals surface area contributed by atoms with E-state index < -0.39 is 11.6 Å². The lowest BCUT2D eigenvalue weighted by atomic mass is 9.98. The van der Waals surface area contributed by atoms with Crippen molar-refractivity contribution >= 4 is 17.8 Å². The highest BCUT2D eigenvalue weighted by molar-refractivity contribution is 6.09. The Hall–Kier alpha value is -2.37. The number of benzene rings is 1. The zero-order chi connectivity index (χ0) is 18.0. The summed E-state index contributed by atoms with van der Waals surface area (Å²) >= 11 is 0. The van der Waals surface area contributed by atoms with Crippen molar-refractivity contribution in [1.29, 1.82) is 0 Å². The van der Waals surface area contributed by atoms with Crippen LogP contribution in [-0.2, 0) is 16.1 Å². The van der Waals surface area contributed by atoms with Crippen LogP contribution < -0.4 is 5.32 Å². The molecule has 1 saturated carbocycles. The molecule has 0 unspecified atom stereocenters. The van der Waals surface area contributed by atoms with Crippen LogP contribution >= 0.6 is 0 Å². The number of hydrogen-bond donors (Lipinski definition) is 1. The molecule has 6 heteroatoms. The lowest BCUT2D eigenvalue weighted by molar-refractivity contribution is -0.140. The van der Waals surface area contributed by atoms with Gasteiger partial charge in [0.2, 0.25) is 5.91 Å². The van der Waals surface area contributed by atoms with Gasteiger partial charge < -0.3 is 10.2 Å². The second-order valence-electron chi connectivity index (χ2n) is 7.21. The first kappa shape index (κ1) is 17.5. The molecular weight excluding hydrogens is 318 g/mol. The van der Waals surface area contributed by atoms with Gasteiger partial charge in [0.1, 0.15) is 12.1 Å². The topological polar surface area (TPSA) is 69.7 Å². The molecule has 1 N–H and O–H groups in total. The quantitative estimate of drug-likeness (QED) is 0.834. The lowest BCUT2D eigenvalue weighted by Gasteiger charge is -2.28. The molecule has 2 aliphatic rings. The SMILES string of the molecule is CC(C)N(Cc1ccccc1)C(=O)CN1C(=O)NC2(CCCC2)C1=O. The molecule has 1 saturated heterocycles. The molecule has 0 radical (unpaired) electrons. The fourth-order valence-corrected chi connectivity index (χ4v) is 3.70. The van der Waals surface area contributed by atoms with Crippen LogP contribution in [0, 0.1) is 0 Å². The molecule has 1 aliphatic carbocycles. The van der Waals surface area contributed by atoms with Crippen molar-refractivity contribution in [2.24, 2.45) is 0 Å². The van der Waals surface area contributed by atoms with E-state index in [9.17, 15) is 14.4 Å². The molecule has 25 heavy (non-hydrogen) atoms. The third-order valence-electron chi connectivity index (χ3n) is 5.14. The van der Waals surface area contributed by atoms with E-state index in [2.05, 4.69) is 5.32 Å². The van der Waals surface area contributed by atoms with Crippen molar-refractivity contribution in [3.8, 4) is 0 Å². The van der Waals surface area contributed by atoms with Crippen LogP contribution in [0.5, 0.6) is 0 Å². The fraction of sp³-hybridized carbons (Fsp3) is 0.526. The Morgan fingerprint density at radius 1 is 1.20 bits per heavy atom. The van der Waals surface area contributed by atoms with Gasteiger partial charge >= 0.3 is 6.03 Å². The second-order valence-corrected chi connectivity index (χ2v) is 7.21. The Kier molecular flexibility index (Phi) is 4.79. The Morgan fingerprint density at radius 3 is 2.44 bits per heavy atom. The van der Waals surface area contributed by atoms with Crippen molar-refractivity contribution in [3.05, 3.63) is 35.9 Å². The summed E-state index contributed by atoms with van der Waals surface area (Å²) in [7, 11) is 0. The molecule has 0 atom stereocenters. The van der Waals surface area contributed by atoms with E-state index in [0.29, 0.717) is 19.4 Å². The van der Waals surface area contributed by atoms with E-state index in [1.807, 2.05) is 44.2 Å². The highest BCUT2D eigenvalue weighted by atomic mass is 16.2. The molecule has 2 fully saturated rings. The number of carbonyl (C=O) groups excluding carboxylic acids is 3. The number of rotatable bonds is 5. The largest absolute Gasteiger partial charge is 0.334 e. The first-order valence-electron chi connectivity index (χ1n) is 8.90. The number of imide groups is 1. The summed E-state index contributed by atoms with van der Waals surface area (Å²) in [5, 5.41) is 2.82. The molecule has 1 spiro atoms. The van der Waals surface area contributed by atoms with Crippen LogP contribution in [0.2, 0.25) is 0 Å². The third-order valence-corrected chi connectivity index (χ3v) is 5.14. The lowest BCUT2D eigenvalue weighted by Crippen LogP contribution is -2.47. The van der Waals surface area contributed by atoms with E-state index in [0.717, 1.165) is 23.3 Å². The summed E-state index contributed by atoms with van der Waals surface area (Å²) in [6, 6.07) is 9.25. The van der Waals surface area contributed by atoms with Crippen molar-refractivity contribution in [2.45, 2.75) is 57.7 Å². The number of hydrogen-bond acceptors (Lipinski definition) is 3. The number of amides is 4. The van der Waals surface area contributed by atoms with Gasteiger partial charge in [0, 0.05) is 12.6 Å². The maximum atomic E-state index is 12.8. The molecule has 6 nitrogen and oxygen atoms in total.